The van der Waals surface area contributed by atoms with Crippen LogP contribution in [0.2, 0.25) is 0 Å². The smallest absolute Gasteiger partial charge is 0.240 e. The molecule has 1 aliphatic carbocycles. The molecule has 16 heavy (non-hydrogen) atoms. The zero-order valence-electron chi connectivity index (χ0n) is 9.72. The average Bonchev–Trinajstić information content (AvgIpc) is 3.05. The van der Waals surface area contributed by atoms with Gasteiger partial charge in [0.15, 0.2) is 5.82 Å². The number of aliphatic hydroxyl groups is 1. The van der Waals surface area contributed by atoms with E-state index in [4.69, 9.17) is 9.63 Å². The van der Waals surface area contributed by atoms with E-state index in [9.17, 15) is 0 Å². The van der Waals surface area contributed by atoms with Crippen molar-refractivity contribution in [3.63, 3.8) is 0 Å². The third-order valence-electron chi connectivity index (χ3n) is 2.86. The highest BCUT2D eigenvalue weighted by molar-refractivity contribution is 5.03. The molecule has 0 bridgehead atoms. The van der Waals surface area contributed by atoms with E-state index in [1.54, 1.807) is 0 Å². The summed E-state index contributed by atoms with van der Waals surface area (Å²) in [7, 11) is 0. The highest BCUT2D eigenvalue weighted by atomic mass is 16.5. The lowest BCUT2D eigenvalue weighted by molar-refractivity contribution is 0.205. The molecule has 0 spiro atoms. The summed E-state index contributed by atoms with van der Waals surface area (Å²) in [6.07, 6.45) is 3.18. The highest BCUT2D eigenvalue weighted by Gasteiger charge is 2.28. The molecule has 1 heterocycles. The van der Waals surface area contributed by atoms with Gasteiger partial charge in [-0.1, -0.05) is 12.1 Å². The molecule has 0 radical (unpaired) electrons. The number of hydrogen-bond acceptors (Lipinski definition) is 5. The van der Waals surface area contributed by atoms with Gasteiger partial charge in [-0.05, 0) is 25.8 Å². The Morgan fingerprint density at radius 2 is 2.31 bits per heavy atom. The second-order valence-corrected chi connectivity index (χ2v) is 4.27. The van der Waals surface area contributed by atoms with E-state index >= 15 is 0 Å². The molecule has 0 amide bonds. The fraction of sp³-hybridized carbons (Fsp3) is 0.818. The van der Waals surface area contributed by atoms with E-state index in [0.717, 1.165) is 25.3 Å². The van der Waals surface area contributed by atoms with Gasteiger partial charge in [-0.15, -0.1) is 0 Å². The second-order valence-electron chi connectivity index (χ2n) is 4.27. The Bertz CT molecular complexity index is 323. The molecule has 5 heteroatoms. The molecular formula is C11H19N3O2. The zero-order valence-corrected chi connectivity index (χ0v) is 9.72. The maximum atomic E-state index is 8.78. The molecule has 5 nitrogen and oxygen atoms in total. The number of hydrogen-bond donors (Lipinski definition) is 1. The SMILES string of the molecule is CCN(CCCO)Cc1nc(C2CC2)no1. The molecular weight excluding hydrogens is 206 g/mol. The van der Waals surface area contributed by atoms with Crippen molar-refractivity contribution in [1.82, 2.24) is 15.0 Å². The Morgan fingerprint density at radius 3 is 2.94 bits per heavy atom. The fourth-order valence-electron chi connectivity index (χ4n) is 1.67. The van der Waals surface area contributed by atoms with Crippen molar-refractivity contribution in [2.75, 3.05) is 19.7 Å². The average molecular weight is 225 g/mol. The second kappa shape index (κ2) is 5.41. The summed E-state index contributed by atoms with van der Waals surface area (Å²) < 4.78 is 5.21. The van der Waals surface area contributed by atoms with Crippen molar-refractivity contribution < 1.29 is 9.63 Å². The van der Waals surface area contributed by atoms with Gasteiger partial charge < -0.3 is 9.63 Å². The normalized spacial score (nSPS) is 15.9. The van der Waals surface area contributed by atoms with Gasteiger partial charge in [0.2, 0.25) is 5.89 Å². The van der Waals surface area contributed by atoms with Crippen LogP contribution in [-0.4, -0.2) is 39.8 Å². The van der Waals surface area contributed by atoms with Crippen LogP contribution in [0.1, 0.15) is 43.8 Å². The molecule has 1 aliphatic rings. The maximum Gasteiger partial charge on any atom is 0.240 e. The molecule has 1 aromatic heterocycles. The van der Waals surface area contributed by atoms with Crippen molar-refractivity contribution in [2.45, 2.75) is 38.6 Å². The molecule has 90 valence electrons. The summed E-state index contributed by atoms with van der Waals surface area (Å²) in [5.74, 6) is 2.11. The van der Waals surface area contributed by atoms with Gasteiger partial charge in [-0.25, -0.2) is 0 Å². The summed E-state index contributed by atoms with van der Waals surface area (Å²) >= 11 is 0. The lowest BCUT2D eigenvalue weighted by atomic mass is 10.4. The van der Waals surface area contributed by atoms with Crippen LogP contribution in [0, 0.1) is 0 Å². The third kappa shape index (κ3) is 3.02. The van der Waals surface area contributed by atoms with E-state index in [2.05, 4.69) is 22.0 Å². The van der Waals surface area contributed by atoms with E-state index in [0.29, 0.717) is 18.4 Å². The Balaban J connectivity index is 1.85. The molecule has 1 saturated carbocycles. The zero-order chi connectivity index (χ0) is 11.4. The molecule has 0 aromatic carbocycles. The van der Waals surface area contributed by atoms with Crippen LogP contribution in [0.4, 0.5) is 0 Å². The van der Waals surface area contributed by atoms with Crippen LogP contribution < -0.4 is 0 Å². The molecule has 2 rings (SSSR count). The van der Waals surface area contributed by atoms with E-state index in [-0.39, 0.29) is 6.61 Å². The Morgan fingerprint density at radius 1 is 1.50 bits per heavy atom. The molecule has 0 saturated heterocycles. The predicted molar refractivity (Wildman–Crippen MR) is 58.9 cm³/mol. The molecule has 0 unspecified atom stereocenters. The molecule has 0 atom stereocenters. The summed E-state index contributed by atoms with van der Waals surface area (Å²) in [5, 5.41) is 12.8. The number of aromatic nitrogens is 2. The van der Waals surface area contributed by atoms with Crippen molar-refractivity contribution in [3.8, 4) is 0 Å². The monoisotopic (exact) mass is 225 g/mol. The summed E-state index contributed by atoms with van der Waals surface area (Å²) in [5.41, 5.74) is 0. The van der Waals surface area contributed by atoms with Gasteiger partial charge in [0, 0.05) is 19.1 Å². The van der Waals surface area contributed by atoms with E-state index < -0.39 is 0 Å². The van der Waals surface area contributed by atoms with Gasteiger partial charge in [0.1, 0.15) is 0 Å². The maximum absolute atomic E-state index is 8.78. The van der Waals surface area contributed by atoms with Gasteiger partial charge in [-0.3, -0.25) is 4.90 Å². The summed E-state index contributed by atoms with van der Waals surface area (Å²) in [6.45, 7) is 4.81. The van der Waals surface area contributed by atoms with Gasteiger partial charge in [0.05, 0.1) is 6.54 Å². The number of nitrogens with zero attached hydrogens (tertiary/aromatic N) is 3. The molecule has 1 N–H and O–H groups in total. The van der Waals surface area contributed by atoms with Gasteiger partial charge in [0.25, 0.3) is 0 Å². The van der Waals surface area contributed by atoms with Gasteiger partial charge >= 0.3 is 0 Å². The fourth-order valence-corrected chi connectivity index (χ4v) is 1.67. The van der Waals surface area contributed by atoms with Crippen molar-refractivity contribution in [1.29, 1.82) is 0 Å². The van der Waals surface area contributed by atoms with Crippen LogP contribution in [0.5, 0.6) is 0 Å². The quantitative estimate of drug-likeness (QED) is 0.754. The highest BCUT2D eigenvalue weighted by Crippen LogP contribution is 2.38. The third-order valence-corrected chi connectivity index (χ3v) is 2.86. The molecule has 1 aromatic rings. The van der Waals surface area contributed by atoms with E-state index in [1.807, 2.05) is 0 Å². The van der Waals surface area contributed by atoms with Gasteiger partial charge in [-0.2, -0.15) is 4.98 Å². The lowest BCUT2D eigenvalue weighted by Crippen LogP contribution is -2.24. The Hall–Kier alpha value is -0.940. The topological polar surface area (TPSA) is 62.4 Å². The first-order valence-electron chi connectivity index (χ1n) is 5.99. The largest absolute Gasteiger partial charge is 0.396 e. The van der Waals surface area contributed by atoms with Crippen LogP contribution >= 0.6 is 0 Å². The van der Waals surface area contributed by atoms with Crippen molar-refractivity contribution in [2.24, 2.45) is 0 Å². The first-order valence-corrected chi connectivity index (χ1v) is 5.99. The standard InChI is InChI=1S/C11H19N3O2/c1-2-14(6-3-7-15)8-10-12-11(13-16-10)9-4-5-9/h9,15H,2-8H2,1H3. The van der Waals surface area contributed by atoms with Crippen LogP contribution in [0.25, 0.3) is 0 Å². The molecule has 0 aliphatic heterocycles. The van der Waals surface area contributed by atoms with Crippen molar-refractivity contribution >= 4 is 0 Å². The van der Waals surface area contributed by atoms with Crippen molar-refractivity contribution in [3.05, 3.63) is 11.7 Å². The minimum atomic E-state index is 0.230. The summed E-state index contributed by atoms with van der Waals surface area (Å²) in [6, 6.07) is 0. The van der Waals surface area contributed by atoms with E-state index in [1.165, 1.54) is 12.8 Å². The first kappa shape index (κ1) is 11.5. The molecule has 1 fully saturated rings. The van der Waals surface area contributed by atoms with Crippen LogP contribution in [0.15, 0.2) is 4.52 Å². The minimum absolute atomic E-state index is 0.230. The number of aliphatic hydroxyl groups excluding tert-OH is 1. The minimum Gasteiger partial charge on any atom is -0.396 e. The summed E-state index contributed by atoms with van der Waals surface area (Å²) in [4.78, 5) is 6.58. The van der Waals surface area contributed by atoms with Crippen LogP contribution in [-0.2, 0) is 6.54 Å². The Kier molecular flexibility index (Phi) is 3.90. The first-order chi connectivity index (χ1) is 7.83. The lowest BCUT2D eigenvalue weighted by Gasteiger charge is -2.16. The Labute approximate surface area is 95.4 Å². The predicted octanol–water partition coefficient (Wildman–Crippen LogP) is 1.15. The van der Waals surface area contributed by atoms with Crippen LogP contribution in [0.3, 0.4) is 0 Å². The number of rotatable bonds is 7.